The quantitative estimate of drug-likeness (QED) is 0.0428. The molecule has 6 aromatic heterocycles. The Morgan fingerprint density at radius 2 is 0.566 bits per heavy atom. The molecular formula is C62H60N6O8. The summed E-state index contributed by atoms with van der Waals surface area (Å²) in [5, 5.41) is 0. The molecule has 386 valence electrons. The molecule has 0 N–H and O–H groups in total. The SMILES string of the molecule is COCCOCCOCCOc1cc(-c2ccc(-c3cc(-c4ccccn4)nc(-c4ccccn4)c3)cc2)c(OCCOCCOCCOC)cc1-c1ccc(-c2cc(-c3ccccn3)nc(-c3ccccn3)c2)cc1. The van der Waals surface area contributed by atoms with Crippen molar-refractivity contribution in [2.24, 2.45) is 0 Å². The smallest absolute Gasteiger partial charge is 0.128 e. The number of pyridine rings is 6. The Labute approximate surface area is 443 Å². The van der Waals surface area contributed by atoms with Gasteiger partial charge in [0.05, 0.1) is 112 Å². The standard InChI is InChI=1S/C62H60N6O8/c1-69-27-29-71-31-33-73-35-37-75-61-43-52(48-21-17-46(18-22-48)50-41-59(55-13-5-9-25-65-55)68-60(42-50)56-14-6-10-26-66-56)62(76-38-36-74-34-32-72-30-28-70-2)44-51(61)47-19-15-45(16-20-47)49-39-57(53-11-3-7-23-63-53)67-58(40-49)54-12-4-8-24-64-54/h3-26,39-44H,27-38H2,1-2H3. The molecule has 9 aromatic rings. The summed E-state index contributed by atoms with van der Waals surface area (Å²) in [5.74, 6) is 1.33. The van der Waals surface area contributed by atoms with Crippen molar-refractivity contribution in [1.29, 1.82) is 0 Å². The maximum Gasteiger partial charge on any atom is 0.128 e. The lowest BCUT2D eigenvalue weighted by atomic mass is 9.94. The second-order valence-electron chi connectivity index (χ2n) is 17.2. The second kappa shape index (κ2) is 28.0. The van der Waals surface area contributed by atoms with Gasteiger partial charge in [-0.15, -0.1) is 0 Å². The molecule has 0 unspecified atom stereocenters. The van der Waals surface area contributed by atoms with Gasteiger partial charge in [-0.2, -0.15) is 0 Å². The normalized spacial score (nSPS) is 11.2. The third kappa shape index (κ3) is 14.6. The Bertz CT molecular complexity index is 2840. The van der Waals surface area contributed by atoms with Crippen LogP contribution >= 0.6 is 0 Å². The van der Waals surface area contributed by atoms with Crippen LogP contribution in [0.25, 0.3) is 90.1 Å². The van der Waals surface area contributed by atoms with Crippen LogP contribution in [0.15, 0.2) is 183 Å². The van der Waals surface area contributed by atoms with Crippen LogP contribution in [-0.4, -0.2) is 123 Å². The molecule has 76 heavy (non-hydrogen) atoms. The molecule has 0 amide bonds. The van der Waals surface area contributed by atoms with Crippen molar-refractivity contribution in [2.45, 2.75) is 0 Å². The van der Waals surface area contributed by atoms with Crippen LogP contribution in [0.3, 0.4) is 0 Å². The van der Waals surface area contributed by atoms with Crippen LogP contribution in [0.4, 0.5) is 0 Å². The van der Waals surface area contributed by atoms with Crippen LogP contribution < -0.4 is 9.47 Å². The van der Waals surface area contributed by atoms with E-state index < -0.39 is 0 Å². The van der Waals surface area contributed by atoms with Gasteiger partial charge in [0.15, 0.2) is 0 Å². The predicted octanol–water partition coefficient (Wildman–Crippen LogP) is 11.5. The molecule has 6 heterocycles. The van der Waals surface area contributed by atoms with Crippen molar-refractivity contribution in [1.82, 2.24) is 29.9 Å². The molecule has 0 aliphatic heterocycles. The number of rotatable bonds is 28. The van der Waals surface area contributed by atoms with E-state index in [1.54, 1.807) is 39.0 Å². The molecular weight excluding hydrogens is 957 g/mol. The maximum absolute atomic E-state index is 6.67. The molecule has 0 aliphatic carbocycles. The molecule has 0 spiro atoms. The summed E-state index contributed by atoms with van der Waals surface area (Å²) in [6, 6.07) is 52.5. The first-order valence-corrected chi connectivity index (χ1v) is 25.3. The van der Waals surface area contributed by atoms with Gasteiger partial charge in [0.1, 0.15) is 24.7 Å². The molecule has 0 fully saturated rings. The third-order valence-electron chi connectivity index (χ3n) is 12.1. The zero-order chi connectivity index (χ0) is 52.0. The zero-order valence-corrected chi connectivity index (χ0v) is 42.8. The summed E-state index contributed by atoms with van der Waals surface area (Å²) >= 11 is 0. The summed E-state index contributed by atoms with van der Waals surface area (Å²) in [6.45, 7) is 5.13. The summed E-state index contributed by atoms with van der Waals surface area (Å²) in [7, 11) is 3.30. The lowest BCUT2D eigenvalue weighted by Crippen LogP contribution is -2.13. The van der Waals surface area contributed by atoms with E-state index in [0.717, 1.165) is 90.1 Å². The summed E-state index contributed by atoms with van der Waals surface area (Å²) in [4.78, 5) is 28.4. The van der Waals surface area contributed by atoms with E-state index >= 15 is 0 Å². The van der Waals surface area contributed by atoms with Gasteiger partial charge in [-0.25, -0.2) is 9.97 Å². The van der Waals surface area contributed by atoms with Gasteiger partial charge in [-0.05, 0) is 118 Å². The molecule has 14 heteroatoms. The van der Waals surface area contributed by atoms with E-state index in [1.807, 2.05) is 72.8 Å². The Morgan fingerprint density at radius 1 is 0.276 bits per heavy atom. The molecule has 0 bridgehead atoms. The fourth-order valence-electron chi connectivity index (χ4n) is 8.26. The minimum atomic E-state index is 0.297. The zero-order valence-electron chi connectivity index (χ0n) is 42.8. The van der Waals surface area contributed by atoms with E-state index in [-0.39, 0.29) is 0 Å². The van der Waals surface area contributed by atoms with Gasteiger partial charge >= 0.3 is 0 Å². The van der Waals surface area contributed by atoms with Crippen molar-refractivity contribution in [3.05, 3.63) is 183 Å². The van der Waals surface area contributed by atoms with Crippen molar-refractivity contribution in [3.63, 3.8) is 0 Å². The van der Waals surface area contributed by atoms with E-state index in [4.69, 9.17) is 47.9 Å². The van der Waals surface area contributed by atoms with Crippen LogP contribution in [-0.2, 0) is 28.4 Å². The van der Waals surface area contributed by atoms with Gasteiger partial charge in [0, 0.05) is 50.1 Å². The number of aromatic nitrogens is 6. The summed E-state index contributed by atoms with van der Waals surface area (Å²) in [5.41, 5.74) is 13.6. The van der Waals surface area contributed by atoms with Gasteiger partial charge < -0.3 is 37.9 Å². The fourth-order valence-corrected chi connectivity index (χ4v) is 8.26. The van der Waals surface area contributed by atoms with Crippen molar-refractivity contribution < 1.29 is 37.9 Å². The van der Waals surface area contributed by atoms with E-state index in [0.29, 0.717) is 90.8 Å². The first-order chi connectivity index (χ1) is 37.6. The van der Waals surface area contributed by atoms with Crippen LogP contribution in [0.5, 0.6) is 11.5 Å². The van der Waals surface area contributed by atoms with E-state index in [1.165, 1.54) is 0 Å². The number of hydrogen-bond donors (Lipinski definition) is 0. The van der Waals surface area contributed by atoms with Gasteiger partial charge in [-0.1, -0.05) is 72.8 Å². The van der Waals surface area contributed by atoms with Gasteiger partial charge in [0.2, 0.25) is 0 Å². The molecule has 0 saturated carbocycles. The van der Waals surface area contributed by atoms with E-state index in [9.17, 15) is 0 Å². The van der Waals surface area contributed by atoms with Gasteiger partial charge in [-0.3, -0.25) is 19.9 Å². The highest BCUT2D eigenvalue weighted by Crippen LogP contribution is 2.43. The number of ether oxygens (including phenoxy) is 8. The highest BCUT2D eigenvalue weighted by Gasteiger charge is 2.19. The van der Waals surface area contributed by atoms with Crippen LogP contribution in [0, 0.1) is 0 Å². The molecule has 9 rings (SSSR count). The lowest BCUT2D eigenvalue weighted by Gasteiger charge is -2.19. The Balaban J connectivity index is 1.06. The number of hydrogen-bond acceptors (Lipinski definition) is 14. The molecule has 3 aromatic carbocycles. The average molecular weight is 1020 g/mol. The first-order valence-electron chi connectivity index (χ1n) is 25.3. The van der Waals surface area contributed by atoms with Gasteiger partial charge in [0.25, 0.3) is 0 Å². The summed E-state index contributed by atoms with van der Waals surface area (Å²) < 4.78 is 46.6. The number of nitrogens with zero attached hydrogens (tertiary/aromatic N) is 6. The minimum Gasteiger partial charge on any atom is -0.491 e. The monoisotopic (exact) mass is 1020 g/mol. The fraction of sp³-hybridized carbons (Fsp3) is 0.226. The van der Waals surface area contributed by atoms with Crippen LogP contribution in [0.2, 0.25) is 0 Å². The molecule has 0 atom stereocenters. The first kappa shape index (κ1) is 52.8. The number of benzene rings is 3. The third-order valence-corrected chi connectivity index (χ3v) is 12.1. The topological polar surface area (TPSA) is 151 Å². The highest BCUT2D eigenvalue weighted by molar-refractivity contribution is 5.84. The molecule has 0 radical (unpaired) electrons. The Morgan fingerprint density at radius 3 is 0.855 bits per heavy atom. The summed E-state index contributed by atoms with van der Waals surface area (Å²) in [6.07, 6.45) is 7.10. The average Bonchev–Trinajstić information content (AvgIpc) is 3.49. The molecule has 0 saturated heterocycles. The minimum absolute atomic E-state index is 0.297. The second-order valence-corrected chi connectivity index (χ2v) is 17.2. The predicted molar refractivity (Wildman–Crippen MR) is 295 cm³/mol. The van der Waals surface area contributed by atoms with Crippen LogP contribution in [0.1, 0.15) is 0 Å². The lowest BCUT2D eigenvalue weighted by molar-refractivity contribution is 0.0178. The molecule has 14 nitrogen and oxygen atoms in total. The Hall–Kier alpha value is -8.08. The molecule has 0 aliphatic rings. The van der Waals surface area contributed by atoms with E-state index in [2.05, 4.69) is 105 Å². The van der Waals surface area contributed by atoms with Crippen molar-refractivity contribution in [2.75, 3.05) is 93.5 Å². The highest BCUT2D eigenvalue weighted by atomic mass is 16.6. The maximum atomic E-state index is 6.67. The van der Waals surface area contributed by atoms with Crippen molar-refractivity contribution in [3.8, 4) is 102 Å². The van der Waals surface area contributed by atoms with Crippen molar-refractivity contribution >= 4 is 0 Å². The largest absolute Gasteiger partial charge is 0.491 e. The number of methoxy groups -OCH3 is 2. The Kier molecular flexibility index (Phi) is 19.4.